The summed E-state index contributed by atoms with van der Waals surface area (Å²) in [6.07, 6.45) is 0.619. The third-order valence-corrected chi connectivity index (χ3v) is 3.68. The molecule has 23 heavy (non-hydrogen) atoms. The van der Waals surface area contributed by atoms with E-state index in [0.717, 1.165) is 10.2 Å². The van der Waals surface area contributed by atoms with Crippen LogP contribution in [0.5, 0.6) is 5.75 Å². The minimum atomic E-state index is -1.08. The Balaban J connectivity index is 2.31. The van der Waals surface area contributed by atoms with Crippen LogP contribution >= 0.6 is 15.9 Å². The van der Waals surface area contributed by atoms with Gasteiger partial charge in [0.1, 0.15) is 12.3 Å². The number of halogens is 1. The molecular weight excluding hydrogens is 364 g/mol. The molecule has 0 aliphatic heterocycles. The first-order valence-electron chi connectivity index (χ1n) is 7.36. The lowest BCUT2D eigenvalue weighted by molar-refractivity contribution is -0.135. The number of rotatable bonds is 7. The molecule has 0 radical (unpaired) electrons. The zero-order chi connectivity index (χ0) is 17.5. The van der Waals surface area contributed by atoms with Crippen LogP contribution in [-0.2, 0) is 10.2 Å². The third kappa shape index (κ3) is 7.36. The minimum Gasteiger partial charge on any atom is -0.492 e. The number of carboxylic acids is 1. The van der Waals surface area contributed by atoms with Crippen LogP contribution in [-0.4, -0.2) is 36.8 Å². The average Bonchev–Trinajstić information content (AvgIpc) is 2.45. The van der Waals surface area contributed by atoms with Gasteiger partial charge in [0.25, 0.3) is 0 Å². The molecule has 0 fully saturated rings. The molecule has 6 nitrogen and oxygen atoms in total. The van der Waals surface area contributed by atoms with E-state index in [1.807, 2.05) is 18.2 Å². The van der Waals surface area contributed by atoms with E-state index >= 15 is 0 Å². The predicted molar refractivity (Wildman–Crippen MR) is 92.0 cm³/mol. The van der Waals surface area contributed by atoms with E-state index in [1.54, 1.807) is 0 Å². The van der Waals surface area contributed by atoms with Crippen molar-refractivity contribution in [3.63, 3.8) is 0 Å². The molecule has 0 aromatic heterocycles. The summed E-state index contributed by atoms with van der Waals surface area (Å²) in [6.45, 7) is 6.91. The largest absolute Gasteiger partial charge is 0.492 e. The quantitative estimate of drug-likeness (QED) is 0.628. The number of amides is 2. The number of carbonyl (C=O) groups is 2. The van der Waals surface area contributed by atoms with Crippen LogP contribution in [0.25, 0.3) is 0 Å². The highest BCUT2D eigenvalue weighted by Crippen LogP contribution is 2.31. The number of carbonyl (C=O) groups excluding carboxylic acids is 1. The molecule has 128 valence electrons. The van der Waals surface area contributed by atoms with Crippen LogP contribution in [0.4, 0.5) is 4.79 Å². The van der Waals surface area contributed by atoms with E-state index in [1.165, 1.54) is 5.56 Å². The van der Waals surface area contributed by atoms with Gasteiger partial charge in [-0.05, 0) is 45.5 Å². The summed E-state index contributed by atoms with van der Waals surface area (Å²) in [7, 11) is 0. The smallest absolute Gasteiger partial charge is 0.323 e. The van der Waals surface area contributed by atoms with Crippen molar-refractivity contribution in [3.8, 4) is 5.75 Å². The highest BCUT2D eigenvalue weighted by atomic mass is 79.9. The highest BCUT2D eigenvalue weighted by molar-refractivity contribution is 9.10. The first kappa shape index (κ1) is 19.3. The molecule has 7 heteroatoms. The van der Waals surface area contributed by atoms with E-state index < -0.39 is 18.5 Å². The molecule has 3 N–H and O–H groups in total. The summed E-state index contributed by atoms with van der Waals surface area (Å²) in [5, 5.41) is 13.2. The van der Waals surface area contributed by atoms with Gasteiger partial charge in [-0.2, -0.15) is 0 Å². The lowest BCUT2D eigenvalue weighted by Crippen LogP contribution is -2.39. The maximum absolute atomic E-state index is 11.2. The predicted octanol–water partition coefficient (Wildman–Crippen LogP) is 2.90. The molecule has 0 unspecified atom stereocenters. The average molecular weight is 387 g/mol. The summed E-state index contributed by atoms with van der Waals surface area (Å²) in [5.41, 5.74) is 1.29. The second kappa shape index (κ2) is 8.76. The van der Waals surface area contributed by atoms with Gasteiger partial charge in [-0.15, -0.1) is 0 Å². The Kier molecular flexibility index (Phi) is 7.35. The topological polar surface area (TPSA) is 87.7 Å². The number of benzene rings is 1. The Morgan fingerprint density at radius 1 is 1.26 bits per heavy atom. The van der Waals surface area contributed by atoms with E-state index in [0.29, 0.717) is 19.6 Å². The van der Waals surface area contributed by atoms with Gasteiger partial charge < -0.3 is 20.5 Å². The number of hydrogen-bond donors (Lipinski definition) is 3. The Hall–Kier alpha value is -1.76. The maximum Gasteiger partial charge on any atom is 0.323 e. The van der Waals surface area contributed by atoms with Crippen molar-refractivity contribution in [3.05, 3.63) is 28.2 Å². The van der Waals surface area contributed by atoms with Crippen LogP contribution in [0.2, 0.25) is 0 Å². The first-order chi connectivity index (χ1) is 10.7. The number of carboxylic acid groups (broad SMARTS) is 1. The summed E-state index contributed by atoms with van der Waals surface area (Å²) in [5.74, 6) is -0.319. The fourth-order valence-electron chi connectivity index (χ4n) is 1.76. The van der Waals surface area contributed by atoms with Gasteiger partial charge in [-0.3, -0.25) is 4.79 Å². The van der Waals surface area contributed by atoms with Crippen molar-refractivity contribution in [2.24, 2.45) is 0 Å². The molecule has 0 heterocycles. The van der Waals surface area contributed by atoms with Crippen LogP contribution in [0, 0.1) is 0 Å². The zero-order valence-corrected chi connectivity index (χ0v) is 15.2. The van der Waals surface area contributed by atoms with Crippen molar-refractivity contribution in [2.45, 2.75) is 32.6 Å². The fourth-order valence-corrected chi connectivity index (χ4v) is 2.25. The molecule has 0 bridgehead atoms. The van der Waals surface area contributed by atoms with Crippen LogP contribution in [0.15, 0.2) is 22.7 Å². The first-order valence-corrected chi connectivity index (χ1v) is 8.16. The number of urea groups is 1. The van der Waals surface area contributed by atoms with Crippen LogP contribution < -0.4 is 15.4 Å². The SMILES string of the molecule is CC(C)(C)c1ccc(OCCCNC(=O)NCC(=O)O)c(Br)c1. The Labute approximate surface area is 144 Å². The lowest BCUT2D eigenvalue weighted by Gasteiger charge is -2.20. The summed E-state index contributed by atoms with van der Waals surface area (Å²) >= 11 is 3.51. The number of hydrogen-bond acceptors (Lipinski definition) is 3. The number of ether oxygens (including phenoxy) is 1. The van der Waals surface area contributed by atoms with E-state index in [9.17, 15) is 9.59 Å². The molecule has 0 saturated heterocycles. The second-order valence-electron chi connectivity index (χ2n) is 6.10. The molecule has 2 amide bonds. The minimum absolute atomic E-state index is 0.0777. The van der Waals surface area contributed by atoms with E-state index in [4.69, 9.17) is 9.84 Å². The molecule has 0 saturated carbocycles. The van der Waals surface area contributed by atoms with Gasteiger partial charge in [0.05, 0.1) is 11.1 Å². The van der Waals surface area contributed by atoms with Crippen LogP contribution in [0.1, 0.15) is 32.8 Å². The van der Waals surface area contributed by atoms with Crippen molar-refractivity contribution >= 4 is 27.9 Å². The summed E-state index contributed by atoms with van der Waals surface area (Å²) in [6, 6.07) is 5.52. The van der Waals surface area contributed by atoms with Crippen molar-refractivity contribution in [1.29, 1.82) is 0 Å². The van der Waals surface area contributed by atoms with Gasteiger partial charge in [-0.25, -0.2) is 4.79 Å². The van der Waals surface area contributed by atoms with E-state index in [-0.39, 0.29) is 5.41 Å². The summed E-state index contributed by atoms with van der Waals surface area (Å²) < 4.78 is 6.57. The zero-order valence-electron chi connectivity index (χ0n) is 13.6. The normalized spacial score (nSPS) is 11.0. The maximum atomic E-state index is 11.2. The highest BCUT2D eigenvalue weighted by Gasteiger charge is 2.15. The van der Waals surface area contributed by atoms with Gasteiger partial charge >= 0.3 is 12.0 Å². The van der Waals surface area contributed by atoms with Gasteiger partial charge in [0.2, 0.25) is 0 Å². The summed E-state index contributed by atoms with van der Waals surface area (Å²) in [4.78, 5) is 21.5. The number of aliphatic carboxylic acids is 1. The van der Waals surface area contributed by atoms with E-state index in [2.05, 4.69) is 47.3 Å². The van der Waals surface area contributed by atoms with Gasteiger partial charge in [-0.1, -0.05) is 26.8 Å². The van der Waals surface area contributed by atoms with Crippen molar-refractivity contribution < 1.29 is 19.4 Å². The second-order valence-corrected chi connectivity index (χ2v) is 6.95. The third-order valence-electron chi connectivity index (χ3n) is 3.06. The number of nitrogens with one attached hydrogen (secondary N) is 2. The molecule has 1 aromatic rings. The van der Waals surface area contributed by atoms with Crippen molar-refractivity contribution in [2.75, 3.05) is 19.7 Å². The lowest BCUT2D eigenvalue weighted by atomic mass is 9.87. The van der Waals surface area contributed by atoms with Gasteiger partial charge in [0, 0.05) is 6.54 Å². The van der Waals surface area contributed by atoms with Crippen LogP contribution in [0.3, 0.4) is 0 Å². The monoisotopic (exact) mass is 386 g/mol. The molecule has 0 aliphatic rings. The molecule has 0 spiro atoms. The Morgan fingerprint density at radius 2 is 1.96 bits per heavy atom. The molecule has 0 atom stereocenters. The standard InChI is InChI=1S/C16H23BrN2O4/c1-16(2,3)11-5-6-13(12(17)9-11)23-8-4-7-18-15(22)19-10-14(20)21/h5-6,9H,4,7-8,10H2,1-3H3,(H,20,21)(H2,18,19,22). The van der Waals surface area contributed by atoms with Crippen molar-refractivity contribution in [1.82, 2.24) is 10.6 Å². The molecule has 1 aromatic carbocycles. The Bertz CT molecular complexity index is 556. The molecule has 1 rings (SSSR count). The van der Waals surface area contributed by atoms with Gasteiger partial charge in [0.15, 0.2) is 0 Å². The Morgan fingerprint density at radius 3 is 2.52 bits per heavy atom. The molecular formula is C16H23BrN2O4. The molecule has 0 aliphatic carbocycles. The fraction of sp³-hybridized carbons (Fsp3) is 0.500.